The van der Waals surface area contributed by atoms with Crippen LogP contribution < -0.4 is 9.74 Å². The fourth-order valence-corrected chi connectivity index (χ4v) is 5.50. The number of benzene rings is 1. The first-order valence-corrected chi connectivity index (χ1v) is 15.4. The van der Waals surface area contributed by atoms with Crippen molar-refractivity contribution < 1.29 is 23.5 Å². The lowest BCUT2D eigenvalue weighted by atomic mass is 9.97. The number of halogens is 2. The van der Waals surface area contributed by atoms with Crippen molar-refractivity contribution in [1.29, 1.82) is 0 Å². The second-order valence-corrected chi connectivity index (χ2v) is 17.5. The average Bonchev–Trinajstić information content (AvgIpc) is 2.99. The lowest BCUT2D eigenvalue weighted by Crippen LogP contribution is -2.52. The fraction of sp³-hybridized carbons (Fsp3) is 0.667. The van der Waals surface area contributed by atoms with E-state index in [4.69, 9.17) is 25.5 Å². The topological polar surface area (TPSA) is 77.1 Å². The van der Waals surface area contributed by atoms with Crippen molar-refractivity contribution in [2.75, 3.05) is 19.0 Å². The normalized spacial score (nSPS) is 21.3. The van der Waals surface area contributed by atoms with Gasteiger partial charge in [-0.2, -0.15) is 0 Å². The molecule has 1 heterocycles. The zero-order valence-electron chi connectivity index (χ0n) is 21.9. The van der Waals surface area contributed by atoms with Gasteiger partial charge in [-0.25, -0.2) is 9.59 Å². The van der Waals surface area contributed by atoms with Crippen molar-refractivity contribution in [2.24, 2.45) is 0 Å². The second kappa shape index (κ2) is 9.89. The largest absolute Gasteiger partial charge is 0.542 e. The molecule has 2 atom stereocenters. The molecule has 0 radical (unpaired) electrons. The number of anilines is 1. The Morgan fingerprint density at radius 1 is 1.21 bits per heavy atom. The lowest BCUT2D eigenvalue weighted by Gasteiger charge is -2.37. The first-order valence-electron chi connectivity index (χ1n) is 11.3. The minimum Gasteiger partial charge on any atom is -0.542 e. The van der Waals surface area contributed by atoms with Crippen LogP contribution in [0.25, 0.3) is 0 Å². The van der Waals surface area contributed by atoms with E-state index >= 15 is 0 Å². The zero-order valence-corrected chi connectivity index (χ0v) is 25.2. The molecule has 34 heavy (non-hydrogen) atoms. The third-order valence-electron chi connectivity index (χ3n) is 6.42. The van der Waals surface area contributed by atoms with Crippen molar-refractivity contribution in [3.05, 3.63) is 21.6 Å². The van der Waals surface area contributed by atoms with Crippen LogP contribution in [0, 0.1) is 0 Å². The average molecular weight is 578 g/mol. The fourth-order valence-electron chi connectivity index (χ4n) is 3.58. The first kappa shape index (κ1) is 28.8. The summed E-state index contributed by atoms with van der Waals surface area (Å²) < 4.78 is 18.0. The summed E-state index contributed by atoms with van der Waals surface area (Å²) in [5, 5.41) is 4.03. The summed E-state index contributed by atoms with van der Waals surface area (Å²) in [4.78, 5) is 27.2. The summed E-state index contributed by atoms with van der Waals surface area (Å²) in [6.07, 6.45) is -0.217. The SMILES string of the molecule is COC(=O)C1(C)CC(Nc2c(Br)cc(Cl)cc2O[Si](C)(C)C(C)(C)C)CN1C(=O)OC(C)(C)C. The van der Waals surface area contributed by atoms with Crippen LogP contribution in [0.5, 0.6) is 5.75 Å². The predicted molar refractivity (Wildman–Crippen MR) is 142 cm³/mol. The first-order chi connectivity index (χ1) is 15.3. The third-order valence-corrected chi connectivity index (χ3v) is 11.6. The van der Waals surface area contributed by atoms with E-state index in [2.05, 4.69) is 55.1 Å². The van der Waals surface area contributed by atoms with Crippen molar-refractivity contribution in [3.8, 4) is 5.75 Å². The maximum atomic E-state index is 13.0. The number of hydrogen-bond donors (Lipinski definition) is 1. The molecule has 0 bridgehead atoms. The molecule has 1 saturated heterocycles. The number of esters is 1. The summed E-state index contributed by atoms with van der Waals surface area (Å²) in [6.45, 7) is 18.2. The highest BCUT2D eigenvalue weighted by Gasteiger charge is 2.52. The summed E-state index contributed by atoms with van der Waals surface area (Å²) in [6, 6.07) is 3.34. The molecule has 1 aliphatic heterocycles. The van der Waals surface area contributed by atoms with Gasteiger partial charge < -0.3 is 19.2 Å². The van der Waals surface area contributed by atoms with Crippen LogP contribution in [0.15, 0.2) is 16.6 Å². The van der Waals surface area contributed by atoms with E-state index in [1.807, 2.05) is 0 Å². The van der Waals surface area contributed by atoms with Crippen LogP contribution >= 0.6 is 27.5 Å². The standard InChI is InChI=1S/C24H38BrClN2O5Si/c1-22(2,3)32-21(30)28-14-16(13-24(28,7)20(29)31-8)27-19-17(25)11-15(26)12-18(19)33-34(9,10)23(4,5)6/h11-12,16,27H,13-14H2,1-10H3. The Balaban J connectivity index is 2.41. The molecule has 1 aliphatic rings. The number of hydrogen-bond acceptors (Lipinski definition) is 6. The molecule has 0 aromatic heterocycles. The maximum absolute atomic E-state index is 13.0. The number of ether oxygens (including phenoxy) is 2. The number of carbonyl (C=O) groups is 2. The van der Waals surface area contributed by atoms with Crippen molar-refractivity contribution in [1.82, 2.24) is 4.90 Å². The molecule has 1 amide bonds. The van der Waals surface area contributed by atoms with Crippen LogP contribution in [-0.2, 0) is 14.3 Å². The van der Waals surface area contributed by atoms with Gasteiger partial charge in [0.05, 0.1) is 12.8 Å². The van der Waals surface area contributed by atoms with E-state index < -0.39 is 31.5 Å². The van der Waals surface area contributed by atoms with E-state index in [9.17, 15) is 9.59 Å². The molecule has 1 aromatic carbocycles. The molecule has 1 N–H and O–H groups in total. The molecular formula is C24H38BrClN2O5Si. The van der Waals surface area contributed by atoms with Crippen LogP contribution in [0.1, 0.15) is 54.9 Å². The van der Waals surface area contributed by atoms with E-state index in [1.165, 1.54) is 12.0 Å². The van der Waals surface area contributed by atoms with Crippen molar-refractivity contribution in [2.45, 2.75) is 90.2 Å². The Hall–Kier alpha value is -1.45. The number of nitrogens with zero attached hydrogens (tertiary/aromatic N) is 1. The number of amides is 1. The van der Waals surface area contributed by atoms with Crippen molar-refractivity contribution >= 4 is 53.6 Å². The van der Waals surface area contributed by atoms with Gasteiger partial charge in [-0.3, -0.25) is 4.90 Å². The third kappa shape index (κ3) is 6.40. The van der Waals surface area contributed by atoms with Crippen molar-refractivity contribution in [3.63, 3.8) is 0 Å². The minimum absolute atomic E-state index is 0.0105. The number of likely N-dealkylation sites (tertiary alicyclic amines) is 1. The van der Waals surface area contributed by atoms with Gasteiger partial charge in [-0.1, -0.05) is 32.4 Å². The predicted octanol–water partition coefficient (Wildman–Crippen LogP) is 6.84. The molecule has 2 unspecified atom stereocenters. The van der Waals surface area contributed by atoms with Crippen LogP contribution in [-0.4, -0.2) is 56.1 Å². The zero-order chi connectivity index (χ0) is 26.3. The van der Waals surface area contributed by atoms with E-state index in [0.29, 0.717) is 17.2 Å². The Labute approximate surface area is 218 Å². The molecule has 1 aromatic rings. The second-order valence-electron chi connectivity index (χ2n) is 11.5. The summed E-state index contributed by atoms with van der Waals surface area (Å²) in [5.41, 5.74) is -1.13. The molecule has 1 fully saturated rings. The van der Waals surface area contributed by atoms with E-state index in [0.717, 1.165) is 10.2 Å². The van der Waals surface area contributed by atoms with Crippen LogP contribution in [0.2, 0.25) is 23.2 Å². The van der Waals surface area contributed by atoms with Gasteiger partial charge >= 0.3 is 12.1 Å². The van der Waals surface area contributed by atoms with Gasteiger partial charge in [-0.05, 0) is 73.9 Å². The quantitative estimate of drug-likeness (QED) is 0.305. The molecule has 2 rings (SSSR count). The van der Waals surface area contributed by atoms with Gasteiger partial charge in [0.25, 0.3) is 8.32 Å². The molecule has 0 saturated carbocycles. The number of carbonyl (C=O) groups excluding carboxylic acids is 2. The highest BCUT2D eigenvalue weighted by Crippen LogP contribution is 2.44. The molecule has 0 aliphatic carbocycles. The monoisotopic (exact) mass is 576 g/mol. The Morgan fingerprint density at radius 2 is 1.79 bits per heavy atom. The highest BCUT2D eigenvalue weighted by atomic mass is 79.9. The van der Waals surface area contributed by atoms with Crippen LogP contribution in [0.3, 0.4) is 0 Å². The maximum Gasteiger partial charge on any atom is 0.411 e. The van der Waals surface area contributed by atoms with Gasteiger partial charge in [0.2, 0.25) is 0 Å². The Kier molecular flexibility index (Phi) is 8.38. The number of methoxy groups -OCH3 is 1. The summed E-state index contributed by atoms with van der Waals surface area (Å²) in [5.74, 6) is 0.150. The molecule has 0 spiro atoms. The smallest absolute Gasteiger partial charge is 0.411 e. The van der Waals surface area contributed by atoms with E-state index in [1.54, 1.807) is 39.8 Å². The molecule has 192 valence electrons. The highest BCUT2D eigenvalue weighted by molar-refractivity contribution is 9.10. The summed E-state index contributed by atoms with van der Waals surface area (Å²) >= 11 is 9.97. The molecular weight excluding hydrogens is 540 g/mol. The Bertz CT molecular complexity index is 945. The molecule has 7 nitrogen and oxygen atoms in total. The Morgan fingerprint density at radius 3 is 2.29 bits per heavy atom. The van der Waals surface area contributed by atoms with Gasteiger partial charge in [0.15, 0.2) is 0 Å². The number of rotatable bonds is 5. The lowest BCUT2D eigenvalue weighted by molar-refractivity contribution is -0.152. The van der Waals surface area contributed by atoms with Crippen LogP contribution in [0.4, 0.5) is 10.5 Å². The summed E-state index contributed by atoms with van der Waals surface area (Å²) in [7, 11) is -0.845. The minimum atomic E-state index is -2.17. The van der Waals surface area contributed by atoms with Gasteiger partial charge in [0.1, 0.15) is 16.9 Å². The van der Waals surface area contributed by atoms with Gasteiger partial charge in [0, 0.05) is 28.5 Å². The van der Waals surface area contributed by atoms with Gasteiger partial charge in [-0.15, -0.1) is 0 Å². The number of nitrogens with one attached hydrogen (secondary N) is 1. The van der Waals surface area contributed by atoms with E-state index in [-0.39, 0.29) is 17.6 Å². The molecule has 10 heteroatoms.